The molecule has 3 aliphatic heterocycles. The number of benzene rings is 1. The first kappa shape index (κ1) is 13.8. The summed E-state index contributed by atoms with van der Waals surface area (Å²) in [6.07, 6.45) is 1.75. The van der Waals surface area contributed by atoms with Crippen LogP contribution in [0.5, 0.6) is 0 Å². The molecule has 5 heteroatoms. The number of rotatable bonds is 2. The number of ether oxygens (including phenoxy) is 1. The summed E-state index contributed by atoms with van der Waals surface area (Å²) in [6, 6.07) is 9.49. The van der Waals surface area contributed by atoms with Crippen molar-refractivity contribution in [3.63, 3.8) is 0 Å². The molecule has 0 bridgehead atoms. The van der Waals surface area contributed by atoms with Crippen molar-refractivity contribution in [3.8, 4) is 0 Å². The fourth-order valence-corrected chi connectivity index (χ4v) is 3.97. The number of fused-ring (bicyclic) bond motifs is 3. The van der Waals surface area contributed by atoms with Crippen molar-refractivity contribution in [3.05, 3.63) is 35.9 Å². The van der Waals surface area contributed by atoms with Gasteiger partial charge in [-0.1, -0.05) is 30.3 Å². The molecular weight excluding hydrogens is 280 g/mol. The lowest BCUT2D eigenvalue weighted by Crippen LogP contribution is -2.64. The molecule has 3 fully saturated rings. The van der Waals surface area contributed by atoms with E-state index in [4.69, 9.17) is 4.74 Å². The fraction of sp³-hybridized carbons (Fsp3) is 0.529. The maximum atomic E-state index is 12.9. The second kappa shape index (κ2) is 5.09. The van der Waals surface area contributed by atoms with E-state index >= 15 is 0 Å². The van der Waals surface area contributed by atoms with Crippen molar-refractivity contribution in [1.82, 2.24) is 9.80 Å². The van der Waals surface area contributed by atoms with E-state index in [2.05, 4.69) is 0 Å². The minimum Gasteiger partial charge on any atom is -0.343 e. The third-order valence-corrected chi connectivity index (χ3v) is 5.02. The van der Waals surface area contributed by atoms with Crippen LogP contribution >= 0.6 is 0 Å². The van der Waals surface area contributed by atoms with Gasteiger partial charge in [0.05, 0.1) is 6.04 Å². The van der Waals surface area contributed by atoms with Gasteiger partial charge in [-0.15, -0.1) is 0 Å². The van der Waals surface area contributed by atoms with Crippen molar-refractivity contribution in [1.29, 1.82) is 0 Å². The molecule has 3 aliphatic rings. The molecule has 0 saturated carbocycles. The van der Waals surface area contributed by atoms with E-state index in [-0.39, 0.29) is 24.1 Å². The highest BCUT2D eigenvalue weighted by Crippen LogP contribution is 2.36. The topological polar surface area (TPSA) is 49.9 Å². The summed E-state index contributed by atoms with van der Waals surface area (Å²) >= 11 is 0. The molecule has 0 radical (unpaired) electrons. The summed E-state index contributed by atoms with van der Waals surface area (Å²) in [4.78, 5) is 29.0. The molecule has 4 atom stereocenters. The molecule has 0 aliphatic carbocycles. The zero-order valence-corrected chi connectivity index (χ0v) is 12.6. The van der Waals surface area contributed by atoms with E-state index in [1.165, 1.54) is 0 Å². The van der Waals surface area contributed by atoms with Crippen molar-refractivity contribution in [2.45, 2.75) is 50.6 Å². The maximum absolute atomic E-state index is 12.9. The molecule has 116 valence electrons. The van der Waals surface area contributed by atoms with E-state index in [0.29, 0.717) is 6.42 Å². The zero-order chi connectivity index (χ0) is 15.3. The highest BCUT2D eigenvalue weighted by atomic mass is 16.5. The Labute approximate surface area is 129 Å². The predicted molar refractivity (Wildman–Crippen MR) is 79.9 cm³/mol. The smallest absolute Gasteiger partial charge is 0.254 e. The maximum Gasteiger partial charge on any atom is 0.254 e. The van der Waals surface area contributed by atoms with E-state index in [1.807, 2.05) is 35.2 Å². The second-order valence-corrected chi connectivity index (χ2v) is 6.36. The van der Waals surface area contributed by atoms with Crippen LogP contribution in [-0.4, -0.2) is 52.6 Å². The van der Waals surface area contributed by atoms with Crippen LogP contribution in [0.2, 0.25) is 0 Å². The van der Waals surface area contributed by atoms with E-state index in [1.54, 1.807) is 11.8 Å². The fourth-order valence-electron chi connectivity index (χ4n) is 3.97. The van der Waals surface area contributed by atoms with Gasteiger partial charge in [-0.05, 0) is 25.3 Å². The third-order valence-electron chi connectivity index (χ3n) is 5.02. The number of hydrogen-bond donors (Lipinski definition) is 0. The Hall–Kier alpha value is -1.88. The number of piperazine rings is 1. The highest BCUT2D eigenvalue weighted by Gasteiger charge is 2.55. The average molecular weight is 300 g/mol. The molecule has 1 aromatic rings. The van der Waals surface area contributed by atoms with Crippen LogP contribution in [0.1, 0.15) is 25.3 Å². The van der Waals surface area contributed by atoms with E-state index < -0.39 is 12.1 Å². The van der Waals surface area contributed by atoms with E-state index in [0.717, 1.165) is 24.9 Å². The van der Waals surface area contributed by atoms with Crippen molar-refractivity contribution in [2.75, 3.05) is 6.54 Å². The Balaban J connectivity index is 1.68. The summed E-state index contributed by atoms with van der Waals surface area (Å²) in [5.74, 6) is 0.0273. The lowest BCUT2D eigenvalue weighted by molar-refractivity contribution is -0.162. The molecule has 0 spiro atoms. The first-order valence-electron chi connectivity index (χ1n) is 7.99. The molecule has 1 unspecified atom stereocenters. The van der Waals surface area contributed by atoms with Gasteiger partial charge in [0.2, 0.25) is 5.91 Å². The van der Waals surface area contributed by atoms with Gasteiger partial charge in [-0.25, -0.2) is 0 Å². The van der Waals surface area contributed by atoms with Crippen LogP contribution in [-0.2, 0) is 20.7 Å². The van der Waals surface area contributed by atoms with Crippen LogP contribution in [0.25, 0.3) is 0 Å². The Morgan fingerprint density at radius 1 is 1.18 bits per heavy atom. The number of carbonyl (C=O) groups excluding carboxylic acids is 2. The van der Waals surface area contributed by atoms with Crippen molar-refractivity contribution in [2.24, 2.45) is 0 Å². The Morgan fingerprint density at radius 2 is 1.95 bits per heavy atom. The van der Waals surface area contributed by atoms with Gasteiger partial charge in [0.25, 0.3) is 5.91 Å². The van der Waals surface area contributed by atoms with Crippen LogP contribution < -0.4 is 0 Å². The standard InChI is InChI=1S/C17H20N2O3/c1-11-15(20)19-14(10-12-6-3-2-4-7-12)16(21)18-9-5-8-13(18)17(19)22-11/h2-4,6-7,11,13-14,17H,5,8-10H2,1H3/t11-,13+,14+,17?/m1/s1. The summed E-state index contributed by atoms with van der Waals surface area (Å²) in [5.41, 5.74) is 1.07. The van der Waals surface area contributed by atoms with Crippen LogP contribution in [0.4, 0.5) is 0 Å². The van der Waals surface area contributed by atoms with Gasteiger partial charge in [0.15, 0.2) is 6.23 Å². The van der Waals surface area contributed by atoms with Gasteiger partial charge >= 0.3 is 0 Å². The summed E-state index contributed by atoms with van der Waals surface area (Å²) in [7, 11) is 0. The van der Waals surface area contributed by atoms with Gasteiger partial charge in [-0.2, -0.15) is 0 Å². The number of amides is 2. The molecular formula is C17H20N2O3. The quantitative estimate of drug-likeness (QED) is 0.824. The predicted octanol–water partition coefficient (Wildman–Crippen LogP) is 1.18. The first-order chi connectivity index (χ1) is 10.7. The molecule has 1 aromatic carbocycles. The van der Waals surface area contributed by atoms with Gasteiger partial charge in [-0.3, -0.25) is 9.59 Å². The van der Waals surface area contributed by atoms with Crippen molar-refractivity contribution >= 4 is 11.8 Å². The minimum atomic E-state index is -0.448. The first-order valence-corrected chi connectivity index (χ1v) is 7.99. The average Bonchev–Trinajstić information content (AvgIpc) is 3.11. The monoisotopic (exact) mass is 300 g/mol. The largest absolute Gasteiger partial charge is 0.343 e. The number of hydrogen-bond acceptors (Lipinski definition) is 3. The molecule has 3 heterocycles. The lowest BCUT2D eigenvalue weighted by Gasteiger charge is -2.44. The Bertz CT molecular complexity index is 603. The summed E-state index contributed by atoms with van der Waals surface area (Å²) in [6.45, 7) is 2.56. The third kappa shape index (κ3) is 1.96. The number of carbonyl (C=O) groups is 2. The molecule has 0 aromatic heterocycles. The molecule has 3 saturated heterocycles. The zero-order valence-electron chi connectivity index (χ0n) is 12.6. The van der Waals surface area contributed by atoms with Crippen LogP contribution in [0.15, 0.2) is 30.3 Å². The minimum absolute atomic E-state index is 0.0356. The SMILES string of the molecule is C[C@H]1OC2[C@@H]3CCCN3C(=O)[C@H](Cc3ccccc3)N2C1=O. The van der Waals surface area contributed by atoms with Gasteiger partial charge < -0.3 is 14.5 Å². The van der Waals surface area contributed by atoms with Gasteiger partial charge in [0.1, 0.15) is 12.1 Å². The molecule has 0 N–H and O–H groups in total. The van der Waals surface area contributed by atoms with Crippen molar-refractivity contribution < 1.29 is 14.3 Å². The van der Waals surface area contributed by atoms with Gasteiger partial charge in [0, 0.05) is 13.0 Å². The summed E-state index contributed by atoms with van der Waals surface area (Å²) < 4.78 is 5.89. The number of nitrogens with zero attached hydrogens (tertiary/aromatic N) is 2. The Kier molecular flexibility index (Phi) is 3.18. The lowest BCUT2D eigenvalue weighted by atomic mass is 9.98. The van der Waals surface area contributed by atoms with Crippen LogP contribution in [0.3, 0.4) is 0 Å². The normalized spacial score (nSPS) is 34.0. The highest BCUT2D eigenvalue weighted by molar-refractivity contribution is 5.92. The van der Waals surface area contributed by atoms with Crippen LogP contribution in [0, 0.1) is 0 Å². The second-order valence-electron chi connectivity index (χ2n) is 6.36. The summed E-state index contributed by atoms with van der Waals surface area (Å²) in [5, 5.41) is 0. The molecule has 2 amide bonds. The Morgan fingerprint density at radius 3 is 2.73 bits per heavy atom. The molecule has 5 nitrogen and oxygen atoms in total. The molecule has 22 heavy (non-hydrogen) atoms. The van der Waals surface area contributed by atoms with E-state index in [9.17, 15) is 9.59 Å². The molecule has 4 rings (SSSR count).